The Hall–Kier alpha value is -4.68. The number of ether oxygens (including phenoxy) is 1. The first-order chi connectivity index (χ1) is 18.0. The average Bonchev–Trinajstić information content (AvgIpc) is 3.27. The number of pyridine rings is 2. The van der Waals surface area contributed by atoms with Crippen molar-refractivity contribution in [1.82, 2.24) is 19.9 Å². The Kier molecular flexibility index (Phi) is 7.19. The van der Waals surface area contributed by atoms with Gasteiger partial charge in [0.2, 0.25) is 12.3 Å². The SMILES string of the molecule is CC(C)c1cc(N(C)C(=O)CN(C=O)c2cncc(C(F)(F)F)c2)ccc1Oc1ccnc2[nH]c(=O)[nH]c12. The number of likely N-dealkylation sites (N-methyl/N-ethyl adjacent to an activating group) is 1. The molecule has 0 atom stereocenters. The molecular weight excluding hydrogens is 505 g/mol. The van der Waals surface area contributed by atoms with Crippen LogP contribution in [-0.2, 0) is 15.8 Å². The van der Waals surface area contributed by atoms with Crippen molar-refractivity contribution in [3.05, 3.63) is 70.5 Å². The Bertz CT molecular complexity index is 1550. The van der Waals surface area contributed by atoms with Crippen LogP contribution in [0.4, 0.5) is 24.5 Å². The van der Waals surface area contributed by atoms with Crippen LogP contribution < -0.4 is 20.2 Å². The Labute approximate surface area is 214 Å². The third-order valence-electron chi connectivity index (χ3n) is 5.80. The summed E-state index contributed by atoms with van der Waals surface area (Å²) in [5.74, 6) is 0.296. The largest absolute Gasteiger partial charge is 0.455 e. The van der Waals surface area contributed by atoms with Crippen LogP contribution in [0.2, 0.25) is 0 Å². The number of carbonyl (C=O) groups excluding carboxylic acids is 2. The number of amides is 2. The van der Waals surface area contributed by atoms with Crippen molar-refractivity contribution >= 4 is 34.9 Å². The fourth-order valence-corrected chi connectivity index (χ4v) is 3.73. The highest BCUT2D eigenvalue weighted by molar-refractivity contribution is 5.99. The van der Waals surface area contributed by atoms with Gasteiger partial charge in [-0.05, 0) is 35.7 Å². The molecule has 0 radical (unpaired) electrons. The Morgan fingerprint density at radius 1 is 1.11 bits per heavy atom. The lowest BCUT2D eigenvalue weighted by Crippen LogP contribution is -2.38. The van der Waals surface area contributed by atoms with Crippen molar-refractivity contribution in [3.8, 4) is 11.5 Å². The molecule has 0 bridgehead atoms. The maximum atomic E-state index is 13.0. The van der Waals surface area contributed by atoms with Crippen LogP contribution in [0.5, 0.6) is 11.5 Å². The molecule has 10 nitrogen and oxygen atoms in total. The first kappa shape index (κ1) is 26.4. The highest BCUT2D eigenvalue weighted by Crippen LogP contribution is 2.35. The van der Waals surface area contributed by atoms with Crippen molar-refractivity contribution in [2.45, 2.75) is 25.9 Å². The number of nitrogens with zero attached hydrogens (tertiary/aromatic N) is 4. The maximum Gasteiger partial charge on any atom is 0.417 e. The number of imidazole rings is 1. The minimum absolute atomic E-state index is 0.0290. The van der Waals surface area contributed by atoms with Crippen LogP contribution in [-0.4, -0.2) is 45.8 Å². The molecule has 1 aromatic carbocycles. The van der Waals surface area contributed by atoms with Gasteiger partial charge in [-0.1, -0.05) is 13.8 Å². The highest BCUT2D eigenvalue weighted by atomic mass is 19.4. The third kappa shape index (κ3) is 5.51. The van der Waals surface area contributed by atoms with Crippen LogP contribution in [0.1, 0.15) is 30.9 Å². The molecule has 198 valence electrons. The molecule has 0 aliphatic carbocycles. The first-order valence-corrected chi connectivity index (χ1v) is 11.4. The average molecular weight is 528 g/mol. The molecule has 4 rings (SSSR count). The zero-order chi connectivity index (χ0) is 27.6. The molecule has 4 aromatic rings. The van der Waals surface area contributed by atoms with Gasteiger partial charge in [-0.15, -0.1) is 0 Å². The molecule has 0 aliphatic heterocycles. The number of hydrogen-bond donors (Lipinski definition) is 2. The summed E-state index contributed by atoms with van der Waals surface area (Å²) in [7, 11) is 1.49. The second-order valence-corrected chi connectivity index (χ2v) is 8.71. The van der Waals surface area contributed by atoms with Gasteiger partial charge in [0.25, 0.3) is 0 Å². The predicted molar refractivity (Wildman–Crippen MR) is 133 cm³/mol. The number of fused-ring (bicyclic) bond motifs is 1. The molecule has 2 amide bonds. The number of anilines is 2. The third-order valence-corrected chi connectivity index (χ3v) is 5.80. The summed E-state index contributed by atoms with van der Waals surface area (Å²) in [5.41, 5.74) is 0.365. The molecule has 0 aliphatic rings. The monoisotopic (exact) mass is 528 g/mol. The standard InChI is InChI=1S/C25H23F3N6O4/c1-14(2)18-9-16(4-5-19(18)38-20-6-7-30-23-22(20)31-24(37)32-23)33(3)21(36)12-34(13-35)17-8-15(10-29-11-17)25(26,27)28/h4-11,13-14H,12H2,1-3H3,(H2,30,31,32,37). The number of benzene rings is 1. The Balaban J connectivity index is 1.57. The van der Waals surface area contributed by atoms with E-state index in [-0.39, 0.29) is 18.0 Å². The minimum atomic E-state index is -4.64. The first-order valence-electron chi connectivity index (χ1n) is 11.4. The summed E-state index contributed by atoms with van der Waals surface area (Å²) in [6.45, 7) is 3.36. The van der Waals surface area contributed by atoms with Gasteiger partial charge in [0.05, 0.1) is 17.4 Å². The van der Waals surface area contributed by atoms with Gasteiger partial charge in [0, 0.05) is 31.2 Å². The quantitative estimate of drug-likeness (QED) is 0.330. The minimum Gasteiger partial charge on any atom is -0.455 e. The Morgan fingerprint density at radius 2 is 1.87 bits per heavy atom. The number of nitrogens with one attached hydrogen (secondary N) is 2. The van der Waals surface area contributed by atoms with E-state index in [2.05, 4.69) is 19.9 Å². The summed E-state index contributed by atoms with van der Waals surface area (Å²) in [5, 5.41) is 0. The lowest BCUT2D eigenvalue weighted by Gasteiger charge is -2.24. The molecule has 0 saturated carbocycles. The maximum absolute atomic E-state index is 13.0. The zero-order valence-corrected chi connectivity index (χ0v) is 20.5. The fourth-order valence-electron chi connectivity index (χ4n) is 3.73. The van der Waals surface area contributed by atoms with Gasteiger partial charge in [0.15, 0.2) is 11.4 Å². The van der Waals surface area contributed by atoms with E-state index in [0.717, 1.165) is 22.7 Å². The highest BCUT2D eigenvalue weighted by Gasteiger charge is 2.31. The van der Waals surface area contributed by atoms with Crippen molar-refractivity contribution in [2.24, 2.45) is 0 Å². The topological polar surface area (TPSA) is 124 Å². The summed E-state index contributed by atoms with van der Waals surface area (Å²) < 4.78 is 45.2. The second-order valence-electron chi connectivity index (χ2n) is 8.71. The van der Waals surface area contributed by atoms with Crippen LogP contribution in [0.25, 0.3) is 11.2 Å². The molecule has 0 saturated heterocycles. The van der Waals surface area contributed by atoms with E-state index in [1.54, 1.807) is 24.3 Å². The van der Waals surface area contributed by atoms with Crippen molar-refractivity contribution in [2.75, 3.05) is 23.4 Å². The van der Waals surface area contributed by atoms with Gasteiger partial charge in [-0.25, -0.2) is 9.78 Å². The van der Waals surface area contributed by atoms with Crippen LogP contribution >= 0.6 is 0 Å². The zero-order valence-electron chi connectivity index (χ0n) is 20.5. The van der Waals surface area contributed by atoms with E-state index < -0.39 is 29.9 Å². The number of aromatic nitrogens is 4. The summed E-state index contributed by atoms with van der Waals surface area (Å²) >= 11 is 0. The van der Waals surface area contributed by atoms with E-state index in [1.165, 1.54) is 18.1 Å². The predicted octanol–water partition coefficient (Wildman–Crippen LogP) is 4.21. The summed E-state index contributed by atoms with van der Waals surface area (Å²) in [6.07, 6.45) is -1.15. The lowest BCUT2D eigenvalue weighted by molar-refractivity contribution is -0.137. The van der Waals surface area contributed by atoms with Gasteiger partial charge in [-0.2, -0.15) is 13.2 Å². The Morgan fingerprint density at radius 3 is 2.55 bits per heavy atom. The summed E-state index contributed by atoms with van der Waals surface area (Å²) in [4.78, 5) is 51.3. The van der Waals surface area contributed by atoms with Gasteiger partial charge < -0.3 is 19.5 Å². The number of rotatable bonds is 8. The van der Waals surface area contributed by atoms with Crippen LogP contribution in [0, 0.1) is 0 Å². The van der Waals surface area contributed by atoms with Gasteiger partial charge in [-0.3, -0.25) is 19.6 Å². The molecular formula is C25H23F3N6O4. The van der Waals surface area contributed by atoms with Crippen molar-refractivity contribution < 1.29 is 27.5 Å². The number of H-pyrrole nitrogens is 2. The van der Waals surface area contributed by atoms with Crippen LogP contribution in [0.15, 0.2) is 53.7 Å². The number of hydrogen-bond acceptors (Lipinski definition) is 6. The number of carbonyl (C=O) groups is 2. The van der Waals surface area contributed by atoms with E-state index in [0.29, 0.717) is 34.5 Å². The van der Waals surface area contributed by atoms with Crippen molar-refractivity contribution in [3.63, 3.8) is 0 Å². The second kappa shape index (κ2) is 10.4. The molecule has 38 heavy (non-hydrogen) atoms. The molecule has 0 fully saturated rings. The lowest BCUT2D eigenvalue weighted by atomic mass is 10.0. The summed E-state index contributed by atoms with van der Waals surface area (Å²) in [6, 6.07) is 7.41. The molecule has 13 heteroatoms. The number of alkyl halides is 3. The fraction of sp³-hybridized carbons (Fsp3) is 0.240. The van der Waals surface area contributed by atoms with Gasteiger partial charge in [0.1, 0.15) is 17.8 Å². The molecule has 2 N–H and O–H groups in total. The van der Waals surface area contributed by atoms with Gasteiger partial charge >= 0.3 is 11.9 Å². The van der Waals surface area contributed by atoms with E-state index >= 15 is 0 Å². The van der Waals surface area contributed by atoms with Crippen molar-refractivity contribution in [1.29, 1.82) is 0 Å². The smallest absolute Gasteiger partial charge is 0.417 e. The molecule has 0 unspecified atom stereocenters. The van der Waals surface area contributed by atoms with Crippen LogP contribution in [0.3, 0.4) is 0 Å². The van der Waals surface area contributed by atoms with E-state index in [9.17, 15) is 27.6 Å². The molecule has 0 spiro atoms. The van der Waals surface area contributed by atoms with E-state index in [4.69, 9.17) is 4.74 Å². The molecule has 3 aromatic heterocycles. The number of aromatic amines is 2. The number of halogens is 3. The molecule has 3 heterocycles. The van der Waals surface area contributed by atoms with E-state index in [1.807, 2.05) is 13.8 Å². The normalized spacial score (nSPS) is 11.6.